The summed E-state index contributed by atoms with van der Waals surface area (Å²) >= 11 is 4.75. The van der Waals surface area contributed by atoms with Gasteiger partial charge in [-0.15, -0.1) is 0 Å². The number of hydrogen-bond donors (Lipinski definition) is 1. The number of aromatic amines is 1. The molecule has 1 aromatic carbocycles. The zero-order chi connectivity index (χ0) is 11.8. The molecule has 2 aromatic rings. The second-order valence-electron chi connectivity index (χ2n) is 3.08. The fourth-order valence-corrected chi connectivity index (χ4v) is 1.36. The molecule has 1 heterocycles. The highest BCUT2D eigenvalue weighted by molar-refractivity contribution is 7.71. The second-order valence-corrected chi connectivity index (χ2v) is 3.46. The van der Waals surface area contributed by atoms with E-state index in [1.807, 2.05) is 0 Å². The van der Waals surface area contributed by atoms with Crippen LogP contribution in [-0.4, -0.2) is 14.8 Å². The summed E-state index contributed by atoms with van der Waals surface area (Å²) in [5.41, 5.74) is -0.147. The molecular weight excluding hydrogens is 239 g/mol. The SMILES string of the molecule is FC(F)(F)c1ccc(-n2cnc(=S)[nH]2)cc1. The van der Waals surface area contributed by atoms with Crippen molar-refractivity contribution in [2.24, 2.45) is 0 Å². The first kappa shape index (κ1) is 10.9. The van der Waals surface area contributed by atoms with Crippen LogP contribution >= 0.6 is 12.2 Å². The van der Waals surface area contributed by atoms with E-state index in [2.05, 4.69) is 10.1 Å². The molecule has 16 heavy (non-hydrogen) atoms. The molecule has 0 fully saturated rings. The smallest absolute Gasteiger partial charge is 0.267 e. The van der Waals surface area contributed by atoms with Gasteiger partial charge in [0.05, 0.1) is 11.3 Å². The van der Waals surface area contributed by atoms with Gasteiger partial charge < -0.3 is 0 Å². The zero-order valence-electron chi connectivity index (χ0n) is 7.82. The van der Waals surface area contributed by atoms with Crippen molar-refractivity contribution in [3.8, 4) is 5.69 Å². The Bertz CT molecular complexity index is 538. The average Bonchev–Trinajstić information content (AvgIpc) is 2.64. The number of rotatable bonds is 1. The molecule has 0 aliphatic rings. The lowest BCUT2D eigenvalue weighted by atomic mass is 10.2. The first-order valence-electron chi connectivity index (χ1n) is 4.28. The van der Waals surface area contributed by atoms with Gasteiger partial charge in [0.15, 0.2) is 0 Å². The molecule has 0 spiro atoms. The summed E-state index contributed by atoms with van der Waals surface area (Å²) < 4.78 is 38.6. The highest BCUT2D eigenvalue weighted by Crippen LogP contribution is 2.29. The molecule has 7 heteroatoms. The van der Waals surface area contributed by atoms with E-state index in [0.717, 1.165) is 12.1 Å². The van der Waals surface area contributed by atoms with Gasteiger partial charge in [0.1, 0.15) is 6.33 Å². The number of aromatic nitrogens is 3. The van der Waals surface area contributed by atoms with Crippen molar-refractivity contribution in [3.63, 3.8) is 0 Å². The highest BCUT2D eigenvalue weighted by atomic mass is 32.1. The summed E-state index contributed by atoms with van der Waals surface area (Å²) in [4.78, 5) is 3.76. The van der Waals surface area contributed by atoms with Crippen LogP contribution in [0, 0.1) is 4.77 Å². The van der Waals surface area contributed by atoms with Crippen molar-refractivity contribution in [1.29, 1.82) is 0 Å². The molecule has 0 aliphatic carbocycles. The fourth-order valence-electron chi connectivity index (χ4n) is 1.21. The molecule has 2 rings (SSSR count). The van der Waals surface area contributed by atoms with E-state index in [1.54, 1.807) is 0 Å². The van der Waals surface area contributed by atoms with Crippen LogP contribution in [0.15, 0.2) is 30.6 Å². The van der Waals surface area contributed by atoms with Gasteiger partial charge in [0, 0.05) is 0 Å². The van der Waals surface area contributed by atoms with Crippen LogP contribution in [0.3, 0.4) is 0 Å². The lowest BCUT2D eigenvalue weighted by Crippen LogP contribution is -2.05. The topological polar surface area (TPSA) is 33.6 Å². The second kappa shape index (κ2) is 3.75. The minimum absolute atomic E-state index is 0.278. The van der Waals surface area contributed by atoms with Crippen LogP contribution < -0.4 is 0 Å². The summed E-state index contributed by atoms with van der Waals surface area (Å²) in [5.74, 6) is 0. The first-order valence-corrected chi connectivity index (χ1v) is 4.69. The molecule has 1 N–H and O–H groups in total. The van der Waals surface area contributed by atoms with E-state index in [9.17, 15) is 13.2 Å². The minimum Gasteiger partial charge on any atom is -0.267 e. The van der Waals surface area contributed by atoms with Gasteiger partial charge in [-0.25, -0.2) is 9.67 Å². The molecule has 0 unspecified atom stereocenters. The Labute approximate surface area is 93.5 Å². The molecule has 3 nitrogen and oxygen atoms in total. The normalized spacial score (nSPS) is 11.7. The Morgan fingerprint density at radius 1 is 1.19 bits per heavy atom. The quantitative estimate of drug-likeness (QED) is 0.784. The first-order chi connectivity index (χ1) is 7.47. The number of benzene rings is 1. The summed E-state index contributed by atoms with van der Waals surface area (Å²) in [6.07, 6.45) is -2.91. The number of halogens is 3. The molecule has 0 amide bonds. The van der Waals surface area contributed by atoms with E-state index in [-0.39, 0.29) is 4.77 Å². The van der Waals surface area contributed by atoms with Crippen LogP contribution in [0.4, 0.5) is 13.2 Å². The Balaban J connectivity index is 2.36. The number of alkyl halides is 3. The molecule has 0 radical (unpaired) electrons. The van der Waals surface area contributed by atoms with Crippen LogP contribution in [0.2, 0.25) is 0 Å². The average molecular weight is 245 g/mol. The number of hydrogen-bond acceptors (Lipinski definition) is 2. The fraction of sp³-hybridized carbons (Fsp3) is 0.111. The maximum absolute atomic E-state index is 12.3. The Hall–Kier alpha value is -1.63. The molecule has 0 bridgehead atoms. The van der Waals surface area contributed by atoms with Crippen molar-refractivity contribution in [3.05, 3.63) is 40.9 Å². The highest BCUT2D eigenvalue weighted by Gasteiger charge is 2.29. The van der Waals surface area contributed by atoms with Gasteiger partial charge in [0.25, 0.3) is 0 Å². The lowest BCUT2D eigenvalue weighted by molar-refractivity contribution is -0.137. The molecule has 0 atom stereocenters. The third-order valence-corrected chi connectivity index (χ3v) is 2.18. The van der Waals surface area contributed by atoms with Crippen molar-refractivity contribution < 1.29 is 13.2 Å². The summed E-state index contributed by atoms with van der Waals surface area (Å²) in [7, 11) is 0. The Morgan fingerprint density at radius 2 is 1.81 bits per heavy atom. The van der Waals surface area contributed by atoms with Crippen molar-refractivity contribution in [2.45, 2.75) is 6.18 Å². The van der Waals surface area contributed by atoms with Crippen LogP contribution in [0.25, 0.3) is 5.69 Å². The monoisotopic (exact) mass is 245 g/mol. The van der Waals surface area contributed by atoms with Crippen LogP contribution in [-0.2, 0) is 6.18 Å². The van der Waals surface area contributed by atoms with Crippen molar-refractivity contribution in [2.75, 3.05) is 0 Å². The number of nitrogens with zero attached hydrogens (tertiary/aromatic N) is 2. The predicted molar refractivity (Wildman–Crippen MR) is 53.8 cm³/mol. The third kappa shape index (κ3) is 2.13. The van der Waals surface area contributed by atoms with Crippen LogP contribution in [0.1, 0.15) is 5.56 Å². The van der Waals surface area contributed by atoms with Gasteiger partial charge in [-0.2, -0.15) is 13.2 Å². The molecule has 0 saturated heterocycles. The lowest BCUT2D eigenvalue weighted by Gasteiger charge is -2.07. The minimum atomic E-state index is -4.32. The maximum Gasteiger partial charge on any atom is 0.416 e. The predicted octanol–water partition coefficient (Wildman–Crippen LogP) is 2.95. The largest absolute Gasteiger partial charge is 0.416 e. The van der Waals surface area contributed by atoms with Gasteiger partial charge in [-0.1, -0.05) is 0 Å². The van der Waals surface area contributed by atoms with Crippen LogP contribution in [0.5, 0.6) is 0 Å². The third-order valence-electron chi connectivity index (χ3n) is 1.98. The standard InChI is InChI=1S/C9H6F3N3S/c10-9(11,12)6-1-3-7(4-2-6)15-5-13-8(16)14-15/h1-5H,(H,14,16). The van der Waals surface area contributed by atoms with E-state index in [1.165, 1.54) is 23.1 Å². The molecular formula is C9H6F3N3S. The van der Waals surface area contributed by atoms with E-state index < -0.39 is 11.7 Å². The van der Waals surface area contributed by atoms with E-state index in [4.69, 9.17) is 12.2 Å². The summed E-state index contributed by atoms with van der Waals surface area (Å²) in [6.45, 7) is 0. The zero-order valence-corrected chi connectivity index (χ0v) is 8.64. The summed E-state index contributed by atoms with van der Waals surface area (Å²) in [6, 6.07) is 4.70. The van der Waals surface area contributed by atoms with Gasteiger partial charge in [-0.3, -0.25) is 5.10 Å². The maximum atomic E-state index is 12.3. The molecule has 1 aromatic heterocycles. The molecule has 84 valence electrons. The Morgan fingerprint density at radius 3 is 2.25 bits per heavy atom. The van der Waals surface area contributed by atoms with E-state index in [0.29, 0.717) is 5.69 Å². The number of nitrogens with one attached hydrogen (secondary N) is 1. The number of H-pyrrole nitrogens is 1. The van der Waals surface area contributed by atoms with E-state index >= 15 is 0 Å². The van der Waals surface area contributed by atoms with Gasteiger partial charge in [-0.05, 0) is 36.5 Å². The summed E-state index contributed by atoms with van der Waals surface area (Å²) in [5, 5.41) is 2.69. The van der Waals surface area contributed by atoms with Gasteiger partial charge >= 0.3 is 6.18 Å². The molecule has 0 saturated carbocycles. The molecule has 0 aliphatic heterocycles. The van der Waals surface area contributed by atoms with Crippen molar-refractivity contribution in [1.82, 2.24) is 14.8 Å². The van der Waals surface area contributed by atoms with Crippen molar-refractivity contribution >= 4 is 12.2 Å². The van der Waals surface area contributed by atoms with Gasteiger partial charge in [0.2, 0.25) is 4.77 Å². The Kier molecular flexibility index (Phi) is 2.55.